The minimum absolute atomic E-state index is 0.107. The maximum absolute atomic E-state index is 12.9. The minimum Gasteiger partial charge on any atom is -0.502 e. The fraction of sp³-hybridized carbons (Fsp3) is 0.120. The van der Waals surface area contributed by atoms with E-state index in [2.05, 4.69) is 0 Å². The van der Waals surface area contributed by atoms with Gasteiger partial charge in [-0.15, -0.1) is 0 Å². The average molecular weight is 461 g/mol. The highest BCUT2D eigenvalue weighted by molar-refractivity contribution is 8.18. The molecule has 3 aromatic rings. The molecule has 166 valence electrons. The molecule has 1 N–H and O–H groups in total. The van der Waals surface area contributed by atoms with Crippen LogP contribution < -0.4 is 0 Å². The molecule has 1 fully saturated rings. The Balaban J connectivity index is 1.67. The molecule has 0 radical (unpaired) electrons. The van der Waals surface area contributed by atoms with Gasteiger partial charge in [0.2, 0.25) is 5.75 Å². The number of phenols is 1. The van der Waals surface area contributed by atoms with Crippen LogP contribution >= 0.6 is 11.8 Å². The molecular formula is C25H20N2O5S. The third-order valence-corrected chi connectivity index (χ3v) is 6.28. The van der Waals surface area contributed by atoms with Gasteiger partial charge in [0.05, 0.1) is 16.4 Å². The van der Waals surface area contributed by atoms with Gasteiger partial charge in [-0.25, -0.2) is 0 Å². The van der Waals surface area contributed by atoms with Gasteiger partial charge in [-0.1, -0.05) is 54.6 Å². The van der Waals surface area contributed by atoms with E-state index in [0.717, 1.165) is 33.4 Å². The van der Waals surface area contributed by atoms with Crippen molar-refractivity contribution in [3.8, 4) is 5.75 Å². The second kappa shape index (κ2) is 9.30. The molecule has 2 amide bonds. The summed E-state index contributed by atoms with van der Waals surface area (Å²) >= 11 is 0.752. The number of hydrogen-bond acceptors (Lipinski definition) is 6. The van der Waals surface area contributed by atoms with Gasteiger partial charge in [0.15, 0.2) is 0 Å². The SMILES string of the molecule is Cc1ccccc1CN1C(=O)S/C(=C\c2cc(Cc3ccccc3)cc([N+](=O)[O-])c2O)C1=O. The molecule has 8 heteroatoms. The number of carbonyl (C=O) groups is 2. The highest BCUT2D eigenvalue weighted by Crippen LogP contribution is 2.38. The predicted molar refractivity (Wildman–Crippen MR) is 127 cm³/mol. The Bertz CT molecular complexity index is 1290. The average Bonchev–Trinajstić information content (AvgIpc) is 3.05. The normalized spacial score (nSPS) is 14.8. The quantitative estimate of drug-likeness (QED) is 0.299. The number of thioether (sulfide) groups is 1. The second-order valence-electron chi connectivity index (χ2n) is 7.67. The molecular weight excluding hydrogens is 440 g/mol. The van der Waals surface area contributed by atoms with E-state index in [1.165, 1.54) is 12.1 Å². The van der Waals surface area contributed by atoms with Gasteiger partial charge in [0.1, 0.15) is 0 Å². The molecule has 0 saturated carbocycles. The number of nitro groups is 1. The Hall–Kier alpha value is -3.91. The first kappa shape index (κ1) is 22.3. The van der Waals surface area contributed by atoms with Crippen LogP contribution in [0.3, 0.4) is 0 Å². The minimum atomic E-state index is -0.662. The van der Waals surface area contributed by atoms with Crippen molar-refractivity contribution < 1.29 is 19.6 Å². The van der Waals surface area contributed by atoms with Crippen molar-refractivity contribution in [3.05, 3.63) is 110 Å². The molecule has 0 unspecified atom stereocenters. The Morgan fingerprint density at radius 3 is 2.42 bits per heavy atom. The summed E-state index contributed by atoms with van der Waals surface area (Å²) in [6.07, 6.45) is 1.76. The van der Waals surface area contributed by atoms with E-state index in [-0.39, 0.29) is 17.0 Å². The number of phenolic OH excluding ortho intramolecular Hbond substituents is 1. The zero-order valence-electron chi connectivity index (χ0n) is 17.7. The molecule has 1 aliphatic rings. The summed E-state index contributed by atoms with van der Waals surface area (Å²) in [6.45, 7) is 2.04. The van der Waals surface area contributed by atoms with Crippen LogP contribution in [0, 0.1) is 17.0 Å². The summed E-state index contributed by atoms with van der Waals surface area (Å²) in [4.78, 5) is 37.6. The number of amides is 2. The fourth-order valence-corrected chi connectivity index (χ4v) is 4.45. The maximum Gasteiger partial charge on any atom is 0.311 e. The molecule has 0 aromatic heterocycles. The lowest BCUT2D eigenvalue weighted by Crippen LogP contribution is -2.27. The number of imide groups is 1. The zero-order valence-corrected chi connectivity index (χ0v) is 18.5. The van der Waals surface area contributed by atoms with Crippen LogP contribution in [-0.4, -0.2) is 26.1 Å². The van der Waals surface area contributed by atoms with Crippen LogP contribution in [0.1, 0.15) is 27.8 Å². The topological polar surface area (TPSA) is 101 Å². The summed E-state index contributed by atoms with van der Waals surface area (Å²) < 4.78 is 0. The number of aromatic hydroxyl groups is 1. The predicted octanol–water partition coefficient (Wildman–Crippen LogP) is 5.44. The van der Waals surface area contributed by atoms with Crippen molar-refractivity contribution in [3.63, 3.8) is 0 Å². The molecule has 33 heavy (non-hydrogen) atoms. The Morgan fingerprint density at radius 1 is 1.03 bits per heavy atom. The van der Waals surface area contributed by atoms with Crippen molar-refractivity contribution in [2.24, 2.45) is 0 Å². The second-order valence-corrected chi connectivity index (χ2v) is 8.66. The van der Waals surface area contributed by atoms with Crippen molar-refractivity contribution in [1.82, 2.24) is 4.90 Å². The van der Waals surface area contributed by atoms with E-state index in [4.69, 9.17) is 0 Å². The lowest BCUT2D eigenvalue weighted by Gasteiger charge is -2.14. The van der Waals surface area contributed by atoms with Crippen molar-refractivity contribution in [2.75, 3.05) is 0 Å². The fourth-order valence-electron chi connectivity index (χ4n) is 3.62. The lowest BCUT2D eigenvalue weighted by molar-refractivity contribution is -0.385. The third-order valence-electron chi connectivity index (χ3n) is 5.38. The summed E-state index contributed by atoms with van der Waals surface area (Å²) in [6, 6.07) is 19.8. The summed E-state index contributed by atoms with van der Waals surface area (Å²) in [7, 11) is 0. The number of rotatable bonds is 6. The highest BCUT2D eigenvalue weighted by Gasteiger charge is 2.35. The van der Waals surface area contributed by atoms with Gasteiger partial charge in [0.25, 0.3) is 11.1 Å². The number of nitro benzene ring substituents is 1. The van der Waals surface area contributed by atoms with Gasteiger partial charge >= 0.3 is 5.69 Å². The molecule has 4 rings (SSSR count). The van der Waals surface area contributed by atoms with Crippen LogP contribution in [0.15, 0.2) is 71.6 Å². The Morgan fingerprint density at radius 2 is 1.73 bits per heavy atom. The zero-order chi connectivity index (χ0) is 23.5. The van der Waals surface area contributed by atoms with E-state index >= 15 is 0 Å². The standard InChI is InChI=1S/C25H20N2O5S/c1-16-7-5-6-10-19(16)15-26-24(29)22(33-25(26)30)14-20-12-18(11-17-8-3-2-4-9-17)13-21(23(20)28)27(31)32/h2-10,12-14,28H,11,15H2,1H3/b22-14-. The first-order chi connectivity index (χ1) is 15.8. The lowest BCUT2D eigenvalue weighted by atomic mass is 10.0. The molecule has 3 aromatic carbocycles. The van der Waals surface area contributed by atoms with Gasteiger partial charge in [-0.05, 0) is 59.5 Å². The van der Waals surface area contributed by atoms with Crippen molar-refractivity contribution in [2.45, 2.75) is 19.9 Å². The number of nitrogens with zero attached hydrogens (tertiary/aromatic N) is 2. The van der Waals surface area contributed by atoms with Crippen LogP contribution in [0.5, 0.6) is 5.75 Å². The van der Waals surface area contributed by atoms with Crippen LogP contribution in [0.25, 0.3) is 6.08 Å². The molecule has 0 aliphatic carbocycles. The van der Waals surface area contributed by atoms with Crippen molar-refractivity contribution >= 4 is 34.7 Å². The van der Waals surface area contributed by atoms with E-state index < -0.39 is 27.5 Å². The molecule has 1 saturated heterocycles. The largest absolute Gasteiger partial charge is 0.502 e. The van der Waals surface area contributed by atoms with Crippen LogP contribution in [0.4, 0.5) is 10.5 Å². The molecule has 7 nitrogen and oxygen atoms in total. The smallest absolute Gasteiger partial charge is 0.311 e. The summed E-state index contributed by atoms with van der Waals surface area (Å²) in [5, 5.41) is 21.6. The maximum atomic E-state index is 12.9. The highest BCUT2D eigenvalue weighted by atomic mass is 32.2. The van der Waals surface area contributed by atoms with Crippen LogP contribution in [0.2, 0.25) is 0 Å². The molecule has 1 heterocycles. The summed E-state index contributed by atoms with van der Waals surface area (Å²) in [5.74, 6) is -1.04. The van der Waals surface area contributed by atoms with Gasteiger partial charge < -0.3 is 5.11 Å². The molecule has 1 aliphatic heterocycles. The number of hydrogen-bond donors (Lipinski definition) is 1. The summed E-state index contributed by atoms with van der Waals surface area (Å²) in [5.41, 5.74) is 3.04. The third kappa shape index (κ3) is 4.80. The number of benzene rings is 3. The van der Waals surface area contributed by atoms with Gasteiger partial charge in [-0.3, -0.25) is 24.6 Å². The molecule has 0 atom stereocenters. The first-order valence-corrected chi connectivity index (χ1v) is 11.0. The Labute approximate surface area is 194 Å². The monoisotopic (exact) mass is 460 g/mol. The van der Waals surface area contributed by atoms with E-state index in [1.54, 1.807) is 6.07 Å². The first-order valence-electron chi connectivity index (χ1n) is 10.2. The molecule has 0 bridgehead atoms. The van der Waals surface area contributed by atoms with E-state index in [1.807, 2.05) is 61.5 Å². The Kier molecular flexibility index (Phi) is 6.28. The number of carbonyl (C=O) groups excluding carboxylic acids is 2. The van der Waals surface area contributed by atoms with Crippen LogP contribution in [-0.2, 0) is 17.8 Å². The van der Waals surface area contributed by atoms with Gasteiger partial charge in [-0.2, -0.15) is 0 Å². The molecule has 0 spiro atoms. The number of aryl methyl sites for hydroxylation is 1. The van der Waals surface area contributed by atoms with Gasteiger partial charge in [0, 0.05) is 11.6 Å². The van der Waals surface area contributed by atoms with Crippen molar-refractivity contribution in [1.29, 1.82) is 0 Å². The van der Waals surface area contributed by atoms with E-state index in [9.17, 15) is 24.8 Å². The van der Waals surface area contributed by atoms with E-state index in [0.29, 0.717) is 12.0 Å².